The molecule has 0 saturated carbocycles. The van der Waals surface area contributed by atoms with Gasteiger partial charge in [-0.2, -0.15) is 0 Å². The van der Waals surface area contributed by atoms with E-state index in [2.05, 4.69) is 25.0 Å². The molecule has 0 fully saturated rings. The summed E-state index contributed by atoms with van der Waals surface area (Å²) in [5.41, 5.74) is 0. The van der Waals surface area contributed by atoms with Crippen LogP contribution in [0.2, 0.25) is 0 Å². The van der Waals surface area contributed by atoms with Crippen molar-refractivity contribution < 1.29 is 66.0 Å². The van der Waals surface area contributed by atoms with E-state index in [9.17, 15) is 23.8 Å². The van der Waals surface area contributed by atoms with E-state index in [0.29, 0.717) is 52.4 Å². The third-order valence-electron chi connectivity index (χ3n) is 6.77. The highest BCUT2D eigenvalue weighted by atomic mass is 31.2. The Kier molecular flexibility index (Phi) is 36.7. The Bertz CT molecular complexity index is 859. The average molecular weight is 747 g/mol. The Balaban J connectivity index is 0. The van der Waals surface area contributed by atoms with Crippen molar-refractivity contribution in [1.29, 1.82) is 0 Å². The monoisotopic (exact) mass is 746 g/mol. The molecule has 0 aromatic heterocycles. The van der Waals surface area contributed by atoms with Gasteiger partial charge in [-0.1, -0.05) is 58.8 Å². The highest BCUT2D eigenvalue weighted by Gasteiger charge is 2.16. The molecule has 0 aliphatic heterocycles. The first-order chi connectivity index (χ1) is 23.7. The Labute approximate surface area is 299 Å². The van der Waals surface area contributed by atoms with Crippen molar-refractivity contribution in [2.24, 2.45) is 0 Å². The summed E-state index contributed by atoms with van der Waals surface area (Å²) in [4.78, 5) is 47.3. The second-order valence-corrected chi connectivity index (χ2v) is 12.4. The van der Waals surface area contributed by atoms with Gasteiger partial charge in [-0.15, -0.1) is 0 Å². The molecule has 0 heterocycles. The molecule has 50 heavy (non-hydrogen) atoms. The summed E-state index contributed by atoms with van der Waals surface area (Å²) in [6.45, 7) is 2.69. The summed E-state index contributed by atoms with van der Waals surface area (Å²) in [6.07, 6.45) is 8.86. The van der Waals surface area contributed by atoms with Crippen molar-refractivity contribution in [3.63, 3.8) is 0 Å². The number of amides is 3. The molecule has 0 aromatic carbocycles. The van der Waals surface area contributed by atoms with Crippen LogP contribution in [0.15, 0.2) is 0 Å². The third-order valence-corrected chi connectivity index (χ3v) is 7.71. The number of alkyl carbamates (subject to hydrolysis) is 2. The Hall–Kier alpha value is -2.08. The molecule has 3 amide bonds. The van der Waals surface area contributed by atoms with Gasteiger partial charge in [0.05, 0.1) is 39.6 Å². The van der Waals surface area contributed by atoms with E-state index < -0.39 is 26.1 Å². The van der Waals surface area contributed by atoms with Crippen molar-refractivity contribution >= 4 is 25.9 Å². The summed E-state index contributed by atoms with van der Waals surface area (Å²) < 4.78 is 56.3. The smallest absolute Gasteiger partial charge is 0.409 e. The van der Waals surface area contributed by atoms with E-state index in [-0.39, 0.29) is 59.5 Å². The molecule has 0 aromatic rings. The molecule has 0 spiro atoms. The van der Waals surface area contributed by atoms with Crippen LogP contribution in [0.25, 0.3) is 0 Å². The number of phosphoric ester groups is 1. The second-order valence-electron chi connectivity index (χ2n) is 10.9. The Morgan fingerprint density at radius 2 is 1.18 bits per heavy atom. The molecule has 2 unspecified atom stereocenters. The van der Waals surface area contributed by atoms with Gasteiger partial charge in [0, 0.05) is 47.4 Å². The standard InChI is InChI=1S/C31H62N3O14P.CH4/c1-40-21-23-43-20-17-33-30(36)46-25-28(26-47-31(37)34-27-44-24-22-41-2)45-18-14-15-29(35)32-16-12-10-8-6-4-5-7-9-11-13-19-48-49(38,39)42-3;/h28H,4-27H2,1-3H3,(H,32,35)(H,33,36)(H,34,37)(H,38,39);1H4/p-1. The largest absolute Gasteiger partial charge is 0.756 e. The first-order valence-corrected chi connectivity index (χ1v) is 18.5. The zero-order chi connectivity index (χ0) is 36.3. The maximum absolute atomic E-state index is 12.2. The number of carbonyl (C=O) groups is 3. The van der Waals surface area contributed by atoms with Crippen LogP contribution in [0.4, 0.5) is 9.59 Å². The Morgan fingerprint density at radius 3 is 1.78 bits per heavy atom. The lowest BCUT2D eigenvalue weighted by Crippen LogP contribution is -2.35. The molecule has 0 bridgehead atoms. The number of methoxy groups -OCH3 is 2. The van der Waals surface area contributed by atoms with E-state index in [1.807, 2.05) is 0 Å². The van der Waals surface area contributed by atoms with Gasteiger partial charge in [-0.25, -0.2) is 9.59 Å². The summed E-state index contributed by atoms with van der Waals surface area (Å²) in [5, 5.41) is 7.92. The van der Waals surface area contributed by atoms with Gasteiger partial charge in [0.15, 0.2) is 0 Å². The fourth-order valence-electron chi connectivity index (χ4n) is 4.05. The highest BCUT2D eigenvalue weighted by molar-refractivity contribution is 7.45. The van der Waals surface area contributed by atoms with Crippen LogP contribution in [-0.4, -0.2) is 125 Å². The Morgan fingerprint density at radius 1 is 0.620 bits per heavy atom. The molecule has 0 radical (unpaired) electrons. The van der Waals surface area contributed by atoms with Crippen molar-refractivity contribution in [2.75, 3.05) is 101 Å². The molecular formula is C32H65N3O14P-. The lowest BCUT2D eigenvalue weighted by atomic mass is 10.1. The van der Waals surface area contributed by atoms with Gasteiger partial charge in [0.25, 0.3) is 7.82 Å². The first kappa shape index (κ1) is 50.0. The van der Waals surface area contributed by atoms with Gasteiger partial charge in [-0.3, -0.25) is 14.7 Å². The second kappa shape index (κ2) is 36.7. The van der Waals surface area contributed by atoms with Gasteiger partial charge in [-0.05, 0) is 19.3 Å². The van der Waals surface area contributed by atoms with Crippen LogP contribution in [0.3, 0.4) is 0 Å². The minimum atomic E-state index is -4.11. The average Bonchev–Trinajstić information content (AvgIpc) is 3.08. The number of nitrogens with one attached hydrogen (secondary N) is 3. The fourth-order valence-corrected chi connectivity index (χ4v) is 4.51. The van der Waals surface area contributed by atoms with Crippen molar-refractivity contribution in [3.05, 3.63) is 0 Å². The van der Waals surface area contributed by atoms with Crippen LogP contribution >= 0.6 is 7.82 Å². The molecule has 0 aliphatic rings. The van der Waals surface area contributed by atoms with Gasteiger partial charge < -0.3 is 57.7 Å². The predicted molar refractivity (Wildman–Crippen MR) is 185 cm³/mol. The van der Waals surface area contributed by atoms with Gasteiger partial charge in [0.1, 0.15) is 26.0 Å². The molecule has 0 aliphatic carbocycles. The van der Waals surface area contributed by atoms with Crippen molar-refractivity contribution in [1.82, 2.24) is 16.0 Å². The normalized spacial score (nSPS) is 12.7. The van der Waals surface area contributed by atoms with Crippen LogP contribution in [0.5, 0.6) is 0 Å². The predicted octanol–water partition coefficient (Wildman–Crippen LogP) is 3.67. The van der Waals surface area contributed by atoms with Crippen LogP contribution in [0.1, 0.15) is 84.5 Å². The molecule has 2 atom stereocenters. The number of phosphoric acid groups is 1. The highest BCUT2D eigenvalue weighted by Crippen LogP contribution is 2.36. The molecule has 0 rings (SSSR count). The lowest BCUT2D eigenvalue weighted by molar-refractivity contribution is -0.223. The maximum Gasteiger partial charge on any atom is 0.409 e. The molecule has 0 saturated heterocycles. The minimum absolute atomic E-state index is 0. The number of hydrogen-bond acceptors (Lipinski definition) is 14. The van der Waals surface area contributed by atoms with E-state index in [4.69, 9.17) is 33.2 Å². The van der Waals surface area contributed by atoms with Crippen molar-refractivity contribution in [2.45, 2.75) is 90.6 Å². The summed E-state index contributed by atoms with van der Waals surface area (Å²) >= 11 is 0. The van der Waals surface area contributed by atoms with Gasteiger partial charge >= 0.3 is 12.2 Å². The fraction of sp³-hybridized carbons (Fsp3) is 0.906. The summed E-state index contributed by atoms with van der Waals surface area (Å²) in [5.74, 6) is -0.0710. The van der Waals surface area contributed by atoms with Crippen LogP contribution in [-0.2, 0) is 51.6 Å². The molecule has 18 heteroatoms. The topological polar surface area (TPSA) is 210 Å². The molecule has 298 valence electrons. The quantitative estimate of drug-likeness (QED) is 0.0480. The molecule has 3 N–H and O–H groups in total. The number of ether oxygens (including phenoxy) is 7. The van der Waals surface area contributed by atoms with Crippen LogP contribution < -0.4 is 20.8 Å². The summed E-state index contributed by atoms with van der Waals surface area (Å²) in [7, 11) is 0.0895. The third kappa shape index (κ3) is 35.7. The number of unbranched alkanes of at least 4 members (excludes halogenated alkanes) is 9. The zero-order valence-electron chi connectivity index (χ0n) is 29.7. The first-order valence-electron chi connectivity index (χ1n) is 17.1. The number of hydrogen-bond donors (Lipinski definition) is 3. The summed E-state index contributed by atoms with van der Waals surface area (Å²) in [6, 6.07) is 0. The maximum atomic E-state index is 12.2. The van der Waals surface area contributed by atoms with E-state index in [1.54, 1.807) is 14.2 Å². The van der Waals surface area contributed by atoms with Crippen molar-refractivity contribution in [3.8, 4) is 0 Å². The number of rotatable bonds is 35. The van der Waals surface area contributed by atoms with Crippen LogP contribution in [0, 0.1) is 0 Å². The molecular weight excluding hydrogens is 681 g/mol. The molecule has 17 nitrogen and oxygen atoms in total. The number of carbonyl (C=O) groups excluding carboxylic acids is 3. The van der Waals surface area contributed by atoms with E-state index in [1.165, 1.54) is 0 Å². The SMILES string of the molecule is C.COCCOCCNC(=O)OCC(COC(=O)NCOCCOC)OCCCC(=O)NCCCCCCCCCCCCOP(=O)([O-])OC. The van der Waals surface area contributed by atoms with Gasteiger partial charge in [0.2, 0.25) is 5.91 Å². The minimum Gasteiger partial charge on any atom is -0.756 e. The zero-order valence-corrected chi connectivity index (χ0v) is 30.6. The lowest BCUT2D eigenvalue weighted by Gasteiger charge is -2.19. The van der Waals surface area contributed by atoms with E-state index in [0.717, 1.165) is 64.9 Å². The van der Waals surface area contributed by atoms with E-state index >= 15 is 0 Å².